The number of halogens is 1. The lowest BCUT2D eigenvalue weighted by Gasteiger charge is -2.39. The van der Waals surface area contributed by atoms with E-state index in [0.29, 0.717) is 0 Å². The van der Waals surface area contributed by atoms with Gasteiger partial charge in [-0.05, 0) is 53.9 Å². The number of hydrogen-bond acceptors (Lipinski definition) is 3. The molecule has 4 nitrogen and oxygen atoms in total. The molecule has 3 rings (SSSR count). The maximum absolute atomic E-state index is 12.6. The van der Waals surface area contributed by atoms with Crippen LogP contribution in [0.4, 0.5) is 0 Å². The quantitative estimate of drug-likeness (QED) is 0.535. The van der Waals surface area contributed by atoms with Crippen molar-refractivity contribution in [1.82, 2.24) is 4.90 Å². The fraction of sp³-hybridized carbons (Fsp3) is 0.524. The number of rotatable bonds is 4. The van der Waals surface area contributed by atoms with Crippen molar-refractivity contribution in [3.8, 4) is 0 Å². The second-order valence-electron chi connectivity index (χ2n) is 8.73. The molecule has 2 aliphatic rings. The van der Waals surface area contributed by atoms with Crippen LogP contribution in [-0.2, 0) is 14.3 Å². The lowest BCUT2D eigenvalue weighted by atomic mass is 9.65. The van der Waals surface area contributed by atoms with Gasteiger partial charge in [-0.3, -0.25) is 4.79 Å². The molecule has 1 amide bonds. The Labute approximate surface area is 163 Å². The number of esters is 1. The van der Waals surface area contributed by atoms with Crippen LogP contribution in [-0.4, -0.2) is 36.0 Å². The van der Waals surface area contributed by atoms with Crippen LogP contribution in [0.3, 0.4) is 0 Å². The van der Waals surface area contributed by atoms with Crippen molar-refractivity contribution < 1.29 is 14.3 Å². The highest BCUT2D eigenvalue weighted by molar-refractivity contribution is 9.10. The van der Waals surface area contributed by atoms with Crippen molar-refractivity contribution >= 4 is 33.9 Å². The van der Waals surface area contributed by atoms with Crippen molar-refractivity contribution in [2.75, 3.05) is 13.2 Å². The molecule has 1 saturated carbocycles. The van der Waals surface area contributed by atoms with E-state index in [0.717, 1.165) is 35.8 Å². The summed E-state index contributed by atoms with van der Waals surface area (Å²) in [6, 6.07) is 7.88. The Morgan fingerprint density at radius 3 is 2.81 bits per heavy atom. The molecule has 1 aromatic rings. The van der Waals surface area contributed by atoms with Crippen molar-refractivity contribution in [2.45, 2.75) is 46.1 Å². The number of benzene rings is 1. The summed E-state index contributed by atoms with van der Waals surface area (Å²) < 4.78 is 6.12. The predicted molar refractivity (Wildman–Crippen MR) is 105 cm³/mol. The number of fused-ring (bicyclic) bond motifs is 2. The summed E-state index contributed by atoms with van der Waals surface area (Å²) in [6.45, 7) is 7.40. The minimum atomic E-state index is -0.493. The average molecular weight is 420 g/mol. The van der Waals surface area contributed by atoms with Crippen molar-refractivity contribution in [1.29, 1.82) is 0 Å². The minimum absolute atomic E-state index is 0.0827. The molecule has 0 radical (unpaired) electrons. The van der Waals surface area contributed by atoms with Gasteiger partial charge in [0.15, 0.2) is 6.61 Å². The van der Waals surface area contributed by atoms with Crippen LogP contribution in [0.5, 0.6) is 0 Å². The monoisotopic (exact) mass is 419 g/mol. The van der Waals surface area contributed by atoms with Gasteiger partial charge < -0.3 is 9.64 Å². The van der Waals surface area contributed by atoms with Crippen LogP contribution in [0, 0.1) is 10.8 Å². The predicted octanol–water partition coefficient (Wildman–Crippen LogP) is 4.43. The molecule has 0 N–H and O–H groups in total. The van der Waals surface area contributed by atoms with Gasteiger partial charge in [0.05, 0.1) is 0 Å². The zero-order chi connectivity index (χ0) is 18.9. The third-order valence-electron chi connectivity index (χ3n) is 5.33. The summed E-state index contributed by atoms with van der Waals surface area (Å²) in [4.78, 5) is 26.4. The van der Waals surface area contributed by atoms with Gasteiger partial charge in [0.1, 0.15) is 0 Å². The first-order valence-corrected chi connectivity index (χ1v) is 9.85. The number of amides is 1. The Hall–Kier alpha value is -1.62. The minimum Gasteiger partial charge on any atom is -0.452 e. The van der Waals surface area contributed by atoms with E-state index < -0.39 is 5.97 Å². The first-order chi connectivity index (χ1) is 12.2. The molecule has 2 fully saturated rings. The molecule has 1 aromatic carbocycles. The van der Waals surface area contributed by atoms with E-state index in [-0.39, 0.29) is 29.4 Å². The smallest absolute Gasteiger partial charge is 0.331 e. The molecule has 0 unspecified atom stereocenters. The second-order valence-corrected chi connectivity index (χ2v) is 9.65. The van der Waals surface area contributed by atoms with Crippen LogP contribution < -0.4 is 0 Å². The fourth-order valence-electron chi connectivity index (χ4n) is 4.79. The van der Waals surface area contributed by atoms with Crippen molar-refractivity contribution in [2.24, 2.45) is 10.8 Å². The lowest BCUT2D eigenvalue weighted by molar-refractivity contribution is -0.148. The van der Waals surface area contributed by atoms with Crippen LogP contribution >= 0.6 is 15.9 Å². The van der Waals surface area contributed by atoms with Gasteiger partial charge in [0, 0.05) is 23.1 Å². The van der Waals surface area contributed by atoms with Crippen molar-refractivity contribution in [3.05, 3.63) is 40.4 Å². The molecule has 1 aliphatic heterocycles. The second kappa shape index (κ2) is 7.18. The lowest BCUT2D eigenvalue weighted by Crippen LogP contribution is -2.39. The largest absolute Gasteiger partial charge is 0.452 e. The number of carbonyl (C=O) groups excluding carboxylic acids is 2. The highest BCUT2D eigenvalue weighted by Crippen LogP contribution is 2.52. The van der Waals surface area contributed by atoms with Gasteiger partial charge >= 0.3 is 5.97 Å². The highest BCUT2D eigenvalue weighted by atomic mass is 79.9. The molecule has 1 heterocycles. The zero-order valence-corrected chi connectivity index (χ0v) is 17.2. The first kappa shape index (κ1) is 19.2. The van der Waals surface area contributed by atoms with Crippen LogP contribution in [0.15, 0.2) is 34.8 Å². The van der Waals surface area contributed by atoms with Crippen LogP contribution in [0.2, 0.25) is 0 Å². The molecule has 0 spiro atoms. The summed E-state index contributed by atoms with van der Waals surface area (Å²) in [5.41, 5.74) is 1.34. The fourth-order valence-corrected chi connectivity index (χ4v) is 5.21. The van der Waals surface area contributed by atoms with Gasteiger partial charge in [-0.1, -0.05) is 48.8 Å². The van der Waals surface area contributed by atoms with Gasteiger partial charge in [-0.15, -0.1) is 0 Å². The van der Waals surface area contributed by atoms with Gasteiger partial charge in [0.25, 0.3) is 5.91 Å². The summed E-state index contributed by atoms with van der Waals surface area (Å²) in [5.74, 6) is -0.576. The molecule has 0 aromatic heterocycles. The Bertz CT molecular complexity index is 743. The normalized spacial score (nSPS) is 26.9. The Morgan fingerprint density at radius 1 is 1.31 bits per heavy atom. The zero-order valence-electron chi connectivity index (χ0n) is 15.6. The summed E-state index contributed by atoms with van der Waals surface area (Å²) in [7, 11) is 0. The third kappa shape index (κ3) is 4.56. The van der Waals surface area contributed by atoms with E-state index in [2.05, 4.69) is 36.7 Å². The number of likely N-dealkylation sites (tertiary alicyclic amines) is 1. The van der Waals surface area contributed by atoms with E-state index in [9.17, 15) is 9.59 Å². The maximum Gasteiger partial charge on any atom is 0.331 e. The number of carbonyl (C=O) groups is 2. The van der Waals surface area contributed by atoms with E-state index in [1.54, 1.807) is 6.08 Å². The molecule has 1 saturated heterocycles. The Kier molecular flexibility index (Phi) is 5.29. The third-order valence-corrected chi connectivity index (χ3v) is 5.83. The molecule has 2 atom stereocenters. The van der Waals surface area contributed by atoms with E-state index in [1.165, 1.54) is 6.08 Å². The van der Waals surface area contributed by atoms with E-state index in [4.69, 9.17) is 4.74 Å². The van der Waals surface area contributed by atoms with Gasteiger partial charge in [-0.25, -0.2) is 4.79 Å². The Balaban J connectivity index is 1.53. The average Bonchev–Trinajstić information content (AvgIpc) is 2.79. The van der Waals surface area contributed by atoms with Gasteiger partial charge in [0.2, 0.25) is 0 Å². The molecule has 2 bridgehead atoms. The maximum atomic E-state index is 12.6. The number of ether oxygens (including phenoxy) is 1. The van der Waals surface area contributed by atoms with E-state index >= 15 is 0 Å². The Morgan fingerprint density at radius 2 is 2.08 bits per heavy atom. The topological polar surface area (TPSA) is 46.6 Å². The number of hydrogen-bond donors (Lipinski definition) is 0. The first-order valence-electron chi connectivity index (χ1n) is 9.06. The van der Waals surface area contributed by atoms with Crippen LogP contribution in [0.25, 0.3) is 6.08 Å². The SMILES string of the molecule is CC1(C)C[C@H]2C[C@](C)(CN2C(=O)COC(=O)/C=C/c2cccc(Br)c2)C1. The molecule has 26 heavy (non-hydrogen) atoms. The molecular formula is C21H26BrNO3. The summed E-state index contributed by atoms with van der Waals surface area (Å²) in [6.07, 6.45) is 6.26. The van der Waals surface area contributed by atoms with Gasteiger partial charge in [-0.2, -0.15) is 0 Å². The number of nitrogens with zero attached hydrogens (tertiary/aromatic N) is 1. The molecule has 5 heteroatoms. The standard InChI is InChI=1S/C21H26BrNO3/c1-20(2)10-17-11-21(3,13-20)14-23(17)18(24)12-26-19(25)8-7-15-5-4-6-16(22)9-15/h4-9,17H,10-14H2,1-3H3/b8-7+/t17-,21-/m0/s1. The van der Waals surface area contributed by atoms with E-state index in [1.807, 2.05) is 29.2 Å². The summed E-state index contributed by atoms with van der Waals surface area (Å²) >= 11 is 3.39. The molecule has 1 aliphatic carbocycles. The van der Waals surface area contributed by atoms with Crippen molar-refractivity contribution in [3.63, 3.8) is 0 Å². The highest BCUT2D eigenvalue weighted by Gasteiger charge is 2.50. The van der Waals surface area contributed by atoms with Crippen LogP contribution in [0.1, 0.15) is 45.6 Å². The summed E-state index contributed by atoms with van der Waals surface area (Å²) in [5, 5.41) is 0. The molecular weight excluding hydrogens is 394 g/mol. The molecule has 140 valence electrons.